The van der Waals surface area contributed by atoms with Gasteiger partial charge in [0.2, 0.25) is 0 Å². The maximum atomic E-state index is 11.5. The molecule has 0 unspecified atom stereocenters. The van der Waals surface area contributed by atoms with E-state index in [0.717, 1.165) is 12.8 Å². The van der Waals surface area contributed by atoms with Crippen molar-refractivity contribution in [2.45, 2.75) is 12.8 Å². The first-order valence-corrected chi connectivity index (χ1v) is 6.70. The van der Waals surface area contributed by atoms with E-state index >= 15 is 0 Å². The monoisotopic (exact) mass is 286 g/mol. The van der Waals surface area contributed by atoms with Crippen molar-refractivity contribution in [3.05, 3.63) is 53.9 Å². The first-order chi connectivity index (χ1) is 10.2. The molecule has 1 aromatic heterocycles. The molecule has 21 heavy (non-hydrogen) atoms. The third-order valence-electron chi connectivity index (χ3n) is 3.06. The Balaban J connectivity index is 1.87. The molecular weight excluding hydrogens is 268 g/mol. The second-order valence-electron chi connectivity index (χ2n) is 4.55. The number of aromatic nitrogens is 1. The quantitative estimate of drug-likeness (QED) is 0.501. The SMILES string of the molecule is COC(=O)c1cc(OCCCc2ccncc2)ccc1N. The summed E-state index contributed by atoms with van der Waals surface area (Å²) in [5, 5.41) is 0. The number of esters is 1. The Morgan fingerprint density at radius 2 is 2.00 bits per heavy atom. The lowest BCUT2D eigenvalue weighted by molar-refractivity contribution is 0.0601. The molecule has 0 saturated carbocycles. The number of methoxy groups -OCH3 is 1. The highest BCUT2D eigenvalue weighted by atomic mass is 16.5. The number of rotatable bonds is 6. The van der Waals surface area contributed by atoms with Gasteiger partial charge in [-0.25, -0.2) is 4.79 Å². The standard InChI is InChI=1S/C16H18N2O3/c1-20-16(19)14-11-13(4-5-15(14)17)21-10-2-3-12-6-8-18-9-7-12/h4-9,11H,2-3,10,17H2,1H3. The van der Waals surface area contributed by atoms with Gasteiger partial charge in [-0.15, -0.1) is 0 Å². The van der Waals surface area contributed by atoms with Crippen molar-refractivity contribution in [3.63, 3.8) is 0 Å². The van der Waals surface area contributed by atoms with Crippen LogP contribution in [0, 0.1) is 0 Å². The molecule has 0 aliphatic heterocycles. The smallest absolute Gasteiger partial charge is 0.340 e. The number of nitrogen functional groups attached to an aromatic ring is 1. The molecule has 0 amide bonds. The molecule has 0 spiro atoms. The average Bonchev–Trinajstić information content (AvgIpc) is 2.53. The van der Waals surface area contributed by atoms with Crippen molar-refractivity contribution in [1.82, 2.24) is 4.98 Å². The summed E-state index contributed by atoms with van der Waals surface area (Å²) in [7, 11) is 1.32. The van der Waals surface area contributed by atoms with Crippen molar-refractivity contribution in [2.75, 3.05) is 19.5 Å². The molecular formula is C16H18N2O3. The zero-order valence-electron chi connectivity index (χ0n) is 11.9. The van der Waals surface area contributed by atoms with Crippen LogP contribution in [0.15, 0.2) is 42.7 Å². The number of nitrogens with zero attached hydrogens (tertiary/aromatic N) is 1. The molecule has 0 bridgehead atoms. The van der Waals surface area contributed by atoms with Gasteiger partial charge in [0, 0.05) is 18.1 Å². The van der Waals surface area contributed by atoms with Gasteiger partial charge in [-0.1, -0.05) is 0 Å². The normalized spacial score (nSPS) is 10.1. The van der Waals surface area contributed by atoms with E-state index in [-0.39, 0.29) is 0 Å². The molecule has 5 heteroatoms. The summed E-state index contributed by atoms with van der Waals surface area (Å²) >= 11 is 0. The van der Waals surface area contributed by atoms with E-state index in [4.69, 9.17) is 10.5 Å². The van der Waals surface area contributed by atoms with E-state index in [1.807, 2.05) is 12.1 Å². The molecule has 0 atom stereocenters. The van der Waals surface area contributed by atoms with Crippen LogP contribution in [0.3, 0.4) is 0 Å². The third-order valence-corrected chi connectivity index (χ3v) is 3.06. The van der Waals surface area contributed by atoms with E-state index in [1.54, 1.807) is 30.6 Å². The van der Waals surface area contributed by atoms with Gasteiger partial charge in [-0.3, -0.25) is 4.98 Å². The number of benzene rings is 1. The minimum atomic E-state index is -0.463. The molecule has 5 nitrogen and oxygen atoms in total. The first-order valence-electron chi connectivity index (χ1n) is 6.70. The first kappa shape index (κ1) is 14.8. The van der Waals surface area contributed by atoms with E-state index in [1.165, 1.54) is 12.7 Å². The highest BCUT2D eigenvalue weighted by Crippen LogP contribution is 2.20. The van der Waals surface area contributed by atoms with Crippen LogP contribution >= 0.6 is 0 Å². The van der Waals surface area contributed by atoms with Crippen molar-refractivity contribution in [2.24, 2.45) is 0 Å². The number of carbonyl (C=O) groups is 1. The van der Waals surface area contributed by atoms with Crippen LogP contribution in [-0.2, 0) is 11.2 Å². The highest BCUT2D eigenvalue weighted by Gasteiger charge is 2.11. The Hall–Kier alpha value is -2.56. The zero-order valence-corrected chi connectivity index (χ0v) is 11.9. The molecule has 0 aliphatic rings. The molecule has 0 saturated heterocycles. The van der Waals surface area contributed by atoms with Gasteiger partial charge < -0.3 is 15.2 Å². The number of nitrogens with two attached hydrogens (primary N) is 1. The summed E-state index contributed by atoms with van der Waals surface area (Å²) in [5.74, 6) is 0.147. The molecule has 0 radical (unpaired) electrons. The lowest BCUT2D eigenvalue weighted by Crippen LogP contribution is -2.07. The predicted molar refractivity (Wildman–Crippen MR) is 80.2 cm³/mol. The largest absolute Gasteiger partial charge is 0.494 e. The molecule has 1 heterocycles. The summed E-state index contributed by atoms with van der Waals surface area (Å²) in [4.78, 5) is 15.5. The van der Waals surface area contributed by atoms with Crippen LogP contribution in [0.1, 0.15) is 22.3 Å². The summed E-state index contributed by atoms with van der Waals surface area (Å²) in [6, 6.07) is 8.96. The van der Waals surface area contributed by atoms with Crippen LogP contribution in [0.4, 0.5) is 5.69 Å². The molecule has 2 aromatic rings. The Morgan fingerprint density at radius 1 is 1.24 bits per heavy atom. The molecule has 110 valence electrons. The Labute approximate surface area is 123 Å². The van der Waals surface area contributed by atoms with Crippen molar-refractivity contribution < 1.29 is 14.3 Å². The summed E-state index contributed by atoms with van der Waals surface area (Å²) in [5.41, 5.74) is 7.66. The van der Waals surface area contributed by atoms with Gasteiger partial charge in [0.15, 0.2) is 0 Å². The van der Waals surface area contributed by atoms with Crippen LogP contribution in [-0.4, -0.2) is 24.7 Å². The maximum absolute atomic E-state index is 11.5. The van der Waals surface area contributed by atoms with Crippen molar-refractivity contribution >= 4 is 11.7 Å². The third kappa shape index (κ3) is 4.21. The second kappa shape index (κ2) is 7.28. The minimum absolute atomic E-state index is 0.323. The average molecular weight is 286 g/mol. The topological polar surface area (TPSA) is 74.4 Å². The van der Waals surface area contributed by atoms with Crippen LogP contribution in [0.5, 0.6) is 5.75 Å². The number of aryl methyl sites for hydroxylation is 1. The number of pyridine rings is 1. The Morgan fingerprint density at radius 3 is 2.71 bits per heavy atom. The molecule has 1 aromatic carbocycles. The van der Waals surface area contributed by atoms with E-state index < -0.39 is 5.97 Å². The summed E-state index contributed by atoms with van der Waals surface area (Å²) < 4.78 is 10.3. The second-order valence-corrected chi connectivity index (χ2v) is 4.55. The van der Waals surface area contributed by atoms with E-state index in [0.29, 0.717) is 23.6 Å². The van der Waals surface area contributed by atoms with Crippen LogP contribution < -0.4 is 10.5 Å². The highest BCUT2D eigenvalue weighted by molar-refractivity contribution is 5.95. The molecule has 2 rings (SSSR count). The number of carbonyl (C=O) groups excluding carboxylic acids is 1. The predicted octanol–water partition coefficient (Wildman–Crippen LogP) is 2.46. The minimum Gasteiger partial charge on any atom is -0.494 e. The summed E-state index contributed by atoms with van der Waals surface area (Å²) in [6.45, 7) is 0.562. The van der Waals surface area contributed by atoms with Crippen molar-refractivity contribution in [1.29, 1.82) is 0 Å². The van der Waals surface area contributed by atoms with Gasteiger partial charge >= 0.3 is 5.97 Å². The van der Waals surface area contributed by atoms with Gasteiger partial charge in [0.05, 0.1) is 19.3 Å². The number of anilines is 1. The molecule has 0 fully saturated rings. The van der Waals surface area contributed by atoms with Crippen LogP contribution in [0.2, 0.25) is 0 Å². The van der Waals surface area contributed by atoms with Gasteiger partial charge in [0.25, 0.3) is 0 Å². The fourth-order valence-corrected chi connectivity index (χ4v) is 1.93. The molecule has 2 N–H and O–H groups in total. The fourth-order valence-electron chi connectivity index (χ4n) is 1.93. The van der Waals surface area contributed by atoms with E-state index in [2.05, 4.69) is 9.72 Å². The van der Waals surface area contributed by atoms with Crippen molar-refractivity contribution in [3.8, 4) is 5.75 Å². The molecule has 0 aliphatic carbocycles. The van der Waals surface area contributed by atoms with Gasteiger partial charge in [-0.05, 0) is 48.7 Å². The van der Waals surface area contributed by atoms with Gasteiger partial charge in [-0.2, -0.15) is 0 Å². The maximum Gasteiger partial charge on any atom is 0.340 e. The van der Waals surface area contributed by atoms with Gasteiger partial charge in [0.1, 0.15) is 5.75 Å². The Kier molecular flexibility index (Phi) is 5.15. The summed E-state index contributed by atoms with van der Waals surface area (Å²) in [6.07, 6.45) is 5.35. The lowest BCUT2D eigenvalue weighted by atomic mass is 10.1. The van der Waals surface area contributed by atoms with Crippen LogP contribution in [0.25, 0.3) is 0 Å². The lowest BCUT2D eigenvalue weighted by Gasteiger charge is -2.09. The number of ether oxygens (including phenoxy) is 2. The zero-order chi connectivity index (χ0) is 15.1. The Bertz CT molecular complexity index is 600. The van der Waals surface area contributed by atoms with E-state index in [9.17, 15) is 4.79 Å². The number of hydrogen-bond donors (Lipinski definition) is 1. The fraction of sp³-hybridized carbons (Fsp3) is 0.250. The number of hydrogen-bond acceptors (Lipinski definition) is 5.